The molecule has 0 radical (unpaired) electrons. The summed E-state index contributed by atoms with van der Waals surface area (Å²) in [5, 5.41) is 0. The Hall–Kier alpha value is -0.120. The van der Waals surface area contributed by atoms with Gasteiger partial charge in [-0.25, -0.2) is 0 Å². The van der Waals surface area contributed by atoms with Crippen molar-refractivity contribution in [2.24, 2.45) is 5.73 Å². The molecule has 1 saturated heterocycles. The Morgan fingerprint density at radius 3 is 2.92 bits per heavy atom. The second-order valence-electron chi connectivity index (χ2n) is 3.34. The van der Waals surface area contributed by atoms with E-state index in [1.165, 1.54) is 0 Å². The van der Waals surface area contributed by atoms with Crippen LogP contribution in [0.15, 0.2) is 0 Å². The van der Waals surface area contributed by atoms with E-state index in [9.17, 15) is 0 Å². The molecule has 0 aromatic rings. The van der Waals surface area contributed by atoms with E-state index in [0.717, 1.165) is 25.7 Å². The van der Waals surface area contributed by atoms with Crippen LogP contribution in [0.3, 0.4) is 0 Å². The first kappa shape index (κ1) is 9.96. The van der Waals surface area contributed by atoms with Gasteiger partial charge in [0, 0.05) is 13.2 Å². The lowest BCUT2D eigenvalue weighted by Gasteiger charge is -2.32. The van der Waals surface area contributed by atoms with Crippen molar-refractivity contribution in [2.45, 2.75) is 51.0 Å². The number of hydrogen-bond acceptors (Lipinski definition) is 3. The first-order chi connectivity index (χ1) is 5.77. The molecule has 1 aliphatic heterocycles. The Morgan fingerprint density at radius 2 is 2.33 bits per heavy atom. The largest absolute Gasteiger partial charge is 0.356 e. The first-order valence-corrected chi connectivity index (χ1v) is 4.71. The van der Waals surface area contributed by atoms with E-state index in [0.29, 0.717) is 0 Å². The molecule has 3 atom stereocenters. The molecule has 0 amide bonds. The van der Waals surface area contributed by atoms with Crippen molar-refractivity contribution < 1.29 is 9.47 Å². The molecule has 0 bridgehead atoms. The van der Waals surface area contributed by atoms with Crippen LogP contribution in [-0.4, -0.2) is 25.5 Å². The van der Waals surface area contributed by atoms with E-state index in [1.807, 2.05) is 0 Å². The molecular formula is C9H19NO2. The van der Waals surface area contributed by atoms with Crippen LogP contribution in [0.2, 0.25) is 0 Å². The Kier molecular flexibility index (Phi) is 3.98. The lowest BCUT2D eigenvalue weighted by Crippen LogP contribution is -2.41. The van der Waals surface area contributed by atoms with Gasteiger partial charge in [0.25, 0.3) is 0 Å². The maximum Gasteiger partial charge on any atom is 0.157 e. The van der Waals surface area contributed by atoms with Gasteiger partial charge >= 0.3 is 0 Å². The highest BCUT2D eigenvalue weighted by atomic mass is 16.7. The minimum absolute atomic E-state index is 0.0265. The van der Waals surface area contributed by atoms with E-state index < -0.39 is 0 Å². The maximum atomic E-state index is 5.88. The van der Waals surface area contributed by atoms with Gasteiger partial charge in [-0.3, -0.25) is 0 Å². The molecule has 1 fully saturated rings. The number of nitrogens with two attached hydrogens (primary N) is 1. The molecule has 3 heteroatoms. The summed E-state index contributed by atoms with van der Waals surface area (Å²) in [7, 11) is 1.69. The number of rotatable bonds is 3. The van der Waals surface area contributed by atoms with Gasteiger partial charge in [-0.1, -0.05) is 6.92 Å². The molecule has 0 spiro atoms. The Labute approximate surface area is 74.2 Å². The molecule has 1 heterocycles. The van der Waals surface area contributed by atoms with Gasteiger partial charge in [0.15, 0.2) is 6.29 Å². The fourth-order valence-electron chi connectivity index (χ4n) is 1.57. The van der Waals surface area contributed by atoms with Gasteiger partial charge in [-0.15, -0.1) is 0 Å². The zero-order valence-electron chi connectivity index (χ0n) is 7.95. The zero-order chi connectivity index (χ0) is 8.97. The topological polar surface area (TPSA) is 44.5 Å². The van der Waals surface area contributed by atoms with Crippen LogP contribution in [0.1, 0.15) is 32.6 Å². The zero-order valence-corrected chi connectivity index (χ0v) is 7.95. The SMILES string of the molecule is CCC(N)C1CCC[C@@H](OC)O1. The maximum absolute atomic E-state index is 5.88. The van der Waals surface area contributed by atoms with Crippen molar-refractivity contribution in [1.82, 2.24) is 0 Å². The second-order valence-corrected chi connectivity index (χ2v) is 3.34. The molecule has 1 rings (SSSR count). The summed E-state index contributed by atoms with van der Waals surface area (Å²) in [5.41, 5.74) is 5.88. The first-order valence-electron chi connectivity index (χ1n) is 4.71. The molecule has 0 aromatic heterocycles. The Morgan fingerprint density at radius 1 is 1.58 bits per heavy atom. The van der Waals surface area contributed by atoms with Crippen LogP contribution in [0.25, 0.3) is 0 Å². The van der Waals surface area contributed by atoms with Crippen molar-refractivity contribution in [1.29, 1.82) is 0 Å². The highest BCUT2D eigenvalue weighted by molar-refractivity contribution is 4.75. The van der Waals surface area contributed by atoms with Crippen LogP contribution >= 0.6 is 0 Å². The van der Waals surface area contributed by atoms with Crippen LogP contribution in [0.5, 0.6) is 0 Å². The highest BCUT2D eigenvalue weighted by Crippen LogP contribution is 2.21. The molecule has 0 aliphatic carbocycles. The van der Waals surface area contributed by atoms with Crippen LogP contribution in [0, 0.1) is 0 Å². The fraction of sp³-hybridized carbons (Fsp3) is 1.00. The summed E-state index contributed by atoms with van der Waals surface area (Å²) in [6.45, 7) is 2.09. The third-order valence-corrected chi connectivity index (χ3v) is 2.47. The van der Waals surface area contributed by atoms with Crippen molar-refractivity contribution in [3.05, 3.63) is 0 Å². The molecule has 3 nitrogen and oxygen atoms in total. The quantitative estimate of drug-likeness (QED) is 0.699. The normalized spacial score (nSPS) is 33.2. The Bertz CT molecular complexity index is 128. The smallest absolute Gasteiger partial charge is 0.157 e. The highest BCUT2D eigenvalue weighted by Gasteiger charge is 2.25. The number of methoxy groups -OCH3 is 1. The summed E-state index contributed by atoms with van der Waals surface area (Å²) in [6, 6.07) is 0.169. The summed E-state index contributed by atoms with van der Waals surface area (Å²) in [6.07, 6.45) is 4.39. The predicted molar refractivity (Wildman–Crippen MR) is 47.8 cm³/mol. The lowest BCUT2D eigenvalue weighted by atomic mass is 10.0. The van der Waals surface area contributed by atoms with Crippen LogP contribution < -0.4 is 5.73 Å². The summed E-state index contributed by atoms with van der Waals surface area (Å²) >= 11 is 0. The molecule has 12 heavy (non-hydrogen) atoms. The fourth-order valence-corrected chi connectivity index (χ4v) is 1.57. The second kappa shape index (κ2) is 4.80. The summed E-state index contributed by atoms with van der Waals surface area (Å²) < 4.78 is 10.8. The molecule has 0 saturated carbocycles. The molecule has 72 valence electrons. The van der Waals surface area contributed by atoms with Gasteiger partial charge in [-0.05, 0) is 25.7 Å². The average molecular weight is 173 g/mol. The van der Waals surface area contributed by atoms with Gasteiger partial charge in [-0.2, -0.15) is 0 Å². The molecule has 2 unspecified atom stereocenters. The minimum atomic E-state index is -0.0265. The third-order valence-electron chi connectivity index (χ3n) is 2.47. The van der Waals surface area contributed by atoms with Gasteiger partial charge in [0.2, 0.25) is 0 Å². The van der Waals surface area contributed by atoms with Gasteiger partial charge in [0.1, 0.15) is 0 Å². The van der Waals surface area contributed by atoms with Crippen LogP contribution in [0.4, 0.5) is 0 Å². The molecule has 2 N–H and O–H groups in total. The van der Waals surface area contributed by atoms with E-state index in [1.54, 1.807) is 7.11 Å². The van der Waals surface area contributed by atoms with E-state index in [4.69, 9.17) is 15.2 Å². The summed E-state index contributed by atoms with van der Waals surface area (Å²) in [4.78, 5) is 0. The van der Waals surface area contributed by atoms with Crippen molar-refractivity contribution in [3.63, 3.8) is 0 Å². The molecule has 0 aromatic carbocycles. The van der Waals surface area contributed by atoms with E-state index >= 15 is 0 Å². The standard InChI is InChI=1S/C9H19NO2/c1-3-7(10)8-5-4-6-9(11-2)12-8/h7-9H,3-6,10H2,1-2H3/t7?,8?,9-/m0/s1. The lowest BCUT2D eigenvalue weighted by molar-refractivity contribution is -0.184. The van der Waals surface area contributed by atoms with Gasteiger partial charge in [0.05, 0.1) is 6.10 Å². The van der Waals surface area contributed by atoms with Crippen molar-refractivity contribution >= 4 is 0 Å². The van der Waals surface area contributed by atoms with E-state index in [-0.39, 0.29) is 18.4 Å². The molecule has 1 aliphatic rings. The number of hydrogen-bond donors (Lipinski definition) is 1. The molecular weight excluding hydrogens is 154 g/mol. The Balaban J connectivity index is 2.34. The monoisotopic (exact) mass is 173 g/mol. The minimum Gasteiger partial charge on any atom is -0.356 e. The third kappa shape index (κ3) is 2.44. The predicted octanol–water partition coefficient (Wildman–Crippen LogP) is 1.27. The van der Waals surface area contributed by atoms with Crippen LogP contribution in [-0.2, 0) is 9.47 Å². The van der Waals surface area contributed by atoms with Crippen molar-refractivity contribution in [3.8, 4) is 0 Å². The summed E-state index contributed by atoms with van der Waals surface area (Å²) in [5.74, 6) is 0. The average Bonchev–Trinajstić information content (AvgIpc) is 2.17. The number of ether oxygens (including phenoxy) is 2. The van der Waals surface area contributed by atoms with E-state index in [2.05, 4.69) is 6.92 Å². The van der Waals surface area contributed by atoms with Gasteiger partial charge < -0.3 is 15.2 Å². The van der Waals surface area contributed by atoms with Crippen molar-refractivity contribution in [2.75, 3.05) is 7.11 Å².